The monoisotopic (exact) mass is 309 g/mol. The lowest BCUT2D eigenvalue weighted by atomic mass is 9.73. The van der Waals surface area contributed by atoms with Crippen molar-refractivity contribution in [3.8, 4) is 0 Å². The third-order valence-corrected chi connectivity index (χ3v) is 6.25. The summed E-state index contributed by atoms with van der Waals surface area (Å²) >= 11 is 0. The van der Waals surface area contributed by atoms with E-state index in [4.69, 9.17) is 0 Å². The zero-order valence-corrected chi connectivity index (χ0v) is 14.3. The molecule has 0 radical (unpaired) electrons. The minimum absolute atomic E-state index is 0.511. The second-order valence-corrected chi connectivity index (χ2v) is 7.58. The molecule has 0 N–H and O–H groups in total. The molecule has 1 atom stereocenters. The Labute approximate surface area is 139 Å². The number of aryl methyl sites for hydroxylation is 1. The Morgan fingerprint density at radius 2 is 1.91 bits per heavy atom. The van der Waals surface area contributed by atoms with E-state index in [1.54, 1.807) is 5.56 Å². The first-order valence-electron chi connectivity index (χ1n) is 8.93. The molecule has 23 heavy (non-hydrogen) atoms. The van der Waals surface area contributed by atoms with Gasteiger partial charge in [0.05, 0.1) is 6.20 Å². The average Bonchev–Trinajstić information content (AvgIpc) is 3.26. The van der Waals surface area contributed by atoms with Gasteiger partial charge in [-0.3, -0.25) is 9.58 Å². The maximum atomic E-state index is 4.41. The second-order valence-electron chi connectivity index (χ2n) is 7.58. The highest BCUT2D eigenvalue weighted by Gasteiger charge is 2.48. The molecule has 122 valence electrons. The summed E-state index contributed by atoms with van der Waals surface area (Å²) in [4.78, 5) is 2.67. The van der Waals surface area contributed by atoms with Crippen molar-refractivity contribution in [3.63, 3.8) is 0 Å². The summed E-state index contributed by atoms with van der Waals surface area (Å²) in [6, 6.07) is 11.2. The van der Waals surface area contributed by atoms with Gasteiger partial charge in [-0.15, -0.1) is 0 Å². The summed E-state index contributed by atoms with van der Waals surface area (Å²) in [5, 5.41) is 4.41. The van der Waals surface area contributed by atoms with Gasteiger partial charge in [0.25, 0.3) is 0 Å². The van der Waals surface area contributed by atoms with E-state index in [0.29, 0.717) is 11.3 Å². The van der Waals surface area contributed by atoms with E-state index in [-0.39, 0.29) is 0 Å². The number of rotatable bonds is 3. The summed E-state index contributed by atoms with van der Waals surface area (Å²) in [7, 11) is 2.04. The summed E-state index contributed by atoms with van der Waals surface area (Å²) in [6.07, 6.45) is 7.66. The lowest BCUT2D eigenvalue weighted by Crippen LogP contribution is -2.26. The molecule has 2 heterocycles. The van der Waals surface area contributed by atoms with Gasteiger partial charge in [0.15, 0.2) is 0 Å². The smallest absolute Gasteiger partial charge is 0.0537 e. The molecule has 1 saturated heterocycles. The maximum absolute atomic E-state index is 4.41. The normalized spacial score (nSPS) is 23.8. The van der Waals surface area contributed by atoms with Crippen molar-refractivity contribution in [2.45, 2.75) is 45.1 Å². The predicted molar refractivity (Wildman–Crippen MR) is 93.3 cm³/mol. The van der Waals surface area contributed by atoms with Gasteiger partial charge in [0.2, 0.25) is 0 Å². The van der Waals surface area contributed by atoms with Crippen LogP contribution in [-0.2, 0) is 13.6 Å². The quantitative estimate of drug-likeness (QED) is 0.857. The Morgan fingerprint density at radius 1 is 1.17 bits per heavy atom. The van der Waals surface area contributed by atoms with E-state index in [1.165, 1.54) is 50.0 Å². The molecule has 0 unspecified atom stereocenters. The van der Waals surface area contributed by atoms with E-state index >= 15 is 0 Å². The number of nitrogens with zero attached hydrogens (tertiary/aromatic N) is 3. The van der Waals surface area contributed by atoms with Crippen LogP contribution < -0.4 is 0 Å². The third kappa shape index (κ3) is 2.61. The molecule has 1 spiro atoms. The Morgan fingerprint density at radius 3 is 2.57 bits per heavy atom. The number of likely N-dealkylation sites (tertiary alicyclic amines) is 1. The molecule has 2 aliphatic rings. The molecule has 2 aromatic rings. The second kappa shape index (κ2) is 5.79. The first-order chi connectivity index (χ1) is 11.2. The SMILES string of the molecule is Cc1c(CN2C[C@@H](c3ccccc3)C3(CCCC3)C2)cnn1C. The van der Waals surface area contributed by atoms with Gasteiger partial charge in [0, 0.05) is 43.9 Å². The molecule has 0 amide bonds. The van der Waals surface area contributed by atoms with Crippen molar-refractivity contribution < 1.29 is 0 Å². The van der Waals surface area contributed by atoms with Crippen molar-refractivity contribution >= 4 is 0 Å². The molecule has 3 nitrogen and oxygen atoms in total. The lowest BCUT2D eigenvalue weighted by molar-refractivity contribution is 0.247. The number of hydrogen-bond donors (Lipinski definition) is 0. The van der Waals surface area contributed by atoms with E-state index in [9.17, 15) is 0 Å². The number of aromatic nitrogens is 2. The van der Waals surface area contributed by atoms with Crippen molar-refractivity contribution in [2.75, 3.05) is 13.1 Å². The van der Waals surface area contributed by atoms with Crippen LogP contribution in [0.2, 0.25) is 0 Å². The largest absolute Gasteiger partial charge is 0.298 e. The van der Waals surface area contributed by atoms with Gasteiger partial charge < -0.3 is 0 Å². The molecule has 1 aliphatic carbocycles. The summed E-state index contributed by atoms with van der Waals surface area (Å²) in [5.74, 6) is 0.697. The van der Waals surface area contributed by atoms with Gasteiger partial charge in [-0.2, -0.15) is 5.10 Å². The van der Waals surface area contributed by atoms with Gasteiger partial charge in [-0.05, 0) is 30.7 Å². The molecule has 1 aromatic heterocycles. The molecule has 4 rings (SSSR count). The van der Waals surface area contributed by atoms with Crippen LogP contribution in [0, 0.1) is 12.3 Å². The van der Waals surface area contributed by atoms with Crippen LogP contribution >= 0.6 is 0 Å². The maximum Gasteiger partial charge on any atom is 0.0537 e. The zero-order chi connectivity index (χ0) is 15.9. The van der Waals surface area contributed by atoms with Crippen LogP contribution in [0.4, 0.5) is 0 Å². The van der Waals surface area contributed by atoms with Crippen molar-refractivity contribution in [1.29, 1.82) is 0 Å². The molecule has 2 fully saturated rings. The minimum Gasteiger partial charge on any atom is -0.298 e. The number of hydrogen-bond acceptors (Lipinski definition) is 2. The highest BCUT2D eigenvalue weighted by molar-refractivity contribution is 5.26. The van der Waals surface area contributed by atoms with Crippen LogP contribution in [0.15, 0.2) is 36.5 Å². The van der Waals surface area contributed by atoms with Crippen LogP contribution in [-0.4, -0.2) is 27.8 Å². The fraction of sp³-hybridized carbons (Fsp3) is 0.550. The Bertz CT molecular complexity index is 667. The fourth-order valence-corrected chi connectivity index (χ4v) is 4.86. The van der Waals surface area contributed by atoms with Crippen molar-refractivity contribution in [3.05, 3.63) is 53.3 Å². The summed E-state index contributed by atoms with van der Waals surface area (Å²) in [6.45, 7) is 5.67. The highest BCUT2D eigenvalue weighted by Crippen LogP contribution is 2.53. The minimum atomic E-state index is 0.511. The topological polar surface area (TPSA) is 21.1 Å². The standard InChI is InChI=1S/C20H27N3/c1-16-18(12-21-22(16)2)13-23-14-19(17-8-4-3-5-9-17)20(15-23)10-6-7-11-20/h3-5,8-9,12,19H,6-7,10-11,13-15H2,1-2H3/t19-/m0/s1. The molecule has 1 saturated carbocycles. The van der Waals surface area contributed by atoms with E-state index in [0.717, 1.165) is 6.54 Å². The van der Waals surface area contributed by atoms with E-state index in [1.807, 2.05) is 17.9 Å². The van der Waals surface area contributed by atoms with Gasteiger partial charge in [0.1, 0.15) is 0 Å². The van der Waals surface area contributed by atoms with Gasteiger partial charge in [-0.1, -0.05) is 43.2 Å². The van der Waals surface area contributed by atoms with Crippen LogP contribution in [0.1, 0.15) is 48.4 Å². The van der Waals surface area contributed by atoms with Crippen LogP contribution in [0.3, 0.4) is 0 Å². The van der Waals surface area contributed by atoms with E-state index in [2.05, 4.69) is 47.3 Å². The van der Waals surface area contributed by atoms with Gasteiger partial charge in [-0.25, -0.2) is 0 Å². The zero-order valence-electron chi connectivity index (χ0n) is 14.3. The molecule has 0 bridgehead atoms. The molecular formula is C20H27N3. The number of benzene rings is 1. The average molecular weight is 309 g/mol. The Kier molecular flexibility index (Phi) is 3.76. The summed E-state index contributed by atoms with van der Waals surface area (Å²) < 4.78 is 1.99. The lowest BCUT2D eigenvalue weighted by Gasteiger charge is -2.30. The van der Waals surface area contributed by atoms with Crippen molar-refractivity contribution in [1.82, 2.24) is 14.7 Å². The first kappa shape index (κ1) is 14.9. The highest BCUT2D eigenvalue weighted by atomic mass is 15.3. The molecular weight excluding hydrogens is 282 g/mol. The van der Waals surface area contributed by atoms with Crippen LogP contribution in [0.5, 0.6) is 0 Å². The third-order valence-electron chi connectivity index (χ3n) is 6.25. The molecule has 1 aromatic carbocycles. The first-order valence-corrected chi connectivity index (χ1v) is 8.93. The van der Waals surface area contributed by atoms with E-state index < -0.39 is 0 Å². The molecule has 1 aliphatic heterocycles. The predicted octanol–water partition coefficient (Wildman–Crippen LogP) is 3.89. The Balaban J connectivity index is 1.59. The van der Waals surface area contributed by atoms with Crippen LogP contribution in [0.25, 0.3) is 0 Å². The molecule has 3 heteroatoms. The van der Waals surface area contributed by atoms with Gasteiger partial charge >= 0.3 is 0 Å². The Hall–Kier alpha value is -1.61. The summed E-state index contributed by atoms with van der Waals surface area (Å²) in [5.41, 5.74) is 4.74. The fourth-order valence-electron chi connectivity index (χ4n) is 4.86. The van der Waals surface area contributed by atoms with Crippen molar-refractivity contribution in [2.24, 2.45) is 12.5 Å².